The number of carboxylic acid groups (broad SMARTS) is 1. The fraction of sp³-hybridized carbons (Fsp3) is 0.562. The van der Waals surface area contributed by atoms with Crippen LogP contribution in [0, 0.1) is 0 Å². The number of carbonyl (C=O) groups is 1. The zero-order valence-corrected chi connectivity index (χ0v) is 13.0. The van der Waals surface area contributed by atoms with Crippen LogP contribution in [0.3, 0.4) is 0 Å². The van der Waals surface area contributed by atoms with Crippen LogP contribution < -0.4 is 14.8 Å². The number of hydrogen-bond acceptors (Lipinski definition) is 4. The van der Waals surface area contributed by atoms with Gasteiger partial charge in [-0.3, -0.25) is 0 Å². The van der Waals surface area contributed by atoms with Gasteiger partial charge in [0.2, 0.25) is 0 Å². The fourth-order valence-corrected chi connectivity index (χ4v) is 2.03. The van der Waals surface area contributed by atoms with Gasteiger partial charge in [-0.15, -0.1) is 0 Å². The van der Waals surface area contributed by atoms with Crippen molar-refractivity contribution < 1.29 is 19.4 Å². The minimum Gasteiger partial charge on any atom is -0.493 e. The molecule has 0 bridgehead atoms. The molecule has 0 saturated heterocycles. The first-order valence-electron chi connectivity index (χ1n) is 7.40. The molecule has 1 aromatic rings. The summed E-state index contributed by atoms with van der Waals surface area (Å²) in [6.07, 6.45) is 1.40. The van der Waals surface area contributed by atoms with E-state index in [0.717, 1.165) is 24.9 Å². The number of benzene rings is 1. The highest BCUT2D eigenvalue weighted by atomic mass is 16.5. The van der Waals surface area contributed by atoms with E-state index < -0.39 is 12.1 Å². The van der Waals surface area contributed by atoms with Gasteiger partial charge in [0.1, 0.15) is 0 Å². The van der Waals surface area contributed by atoms with Crippen molar-refractivity contribution in [2.45, 2.75) is 45.8 Å². The van der Waals surface area contributed by atoms with Crippen LogP contribution in [0.5, 0.6) is 11.5 Å². The van der Waals surface area contributed by atoms with E-state index in [-0.39, 0.29) is 0 Å². The molecule has 5 nitrogen and oxygen atoms in total. The quantitative estimate of drug-likeness (QED) is 0.650. The summed E-state index contributed by atoms with van der Waals surface area (Å²) in [4.78, 5) is 11.3. The molecule has 2 N–H and O–H groups in total. The maximum Gasteiger partial charge on any atom is 0.344 e. The van der Waals surface area contributed by atoms with Crippen molar-refractivity contribution in [3.05, 3.63) is 23.8 Å². The van der Waals surface area contributed by atoms with Gasteiger partial charge >= 0.3 is 5.97 Å². The maximum atomic E-state index is 11.3. The monoisotopic (exact) mass is 295 g/mol. The summed E-state index contributed by atoms with van der Waals surface area (Å²) in [7, 11) is 1.56. The Labute approximate surface area is 126 Å². The molecule has 0 spiro atoms. The van der Waals surface area contributed by atoms with Crippen LogP contribution in [-0.2, 0) is 11.3 Å². The minimum absolute atomic E-state index is 0.467. The molecule has 0 aromatic heterocycles. The molecule has 1 unspecified atom stereocenters. The number of methoxy groups -OCH3 is 1. The van der Waals surface area contributed by atoms with Gasteiger partial charge in [-0.2, -0.15) is 0 Å². The Morgan fingerprint density at radius 3 is 2.67 bits per heavy atom. The smallest absolute Gasteiger partial charge is 0.344 e. The van der Waals surface area contributed by atoms with E-state index in [1.807, 2.05) is 19.1 Å². The third kappa shape index (κ3) is 5.27. The molecule has 0 heterocycles. The van der Waals surface area contributed by atoms with Crippen LogP contribution in [0.2, 0.25) is 0 Å². The van der Waals surface area contributed by atoms with Crippen LogP contribution in [0.4, 0.5) is 0 Å². The van der Waals surface area contributed by atoms with E-state index in [0.29, 0.717) is 24.5 Å². The van der Waals surface area contributed by atoms with Crippen LogP contribution in [0.15, 0.2) is 18.2 Å². The van der Waals surface area contributed by atoms with Gasteiger partial charge < -0.3 is 19.9 Å². The molecule has 0 aliphatic carbocycles. The molecule has 0 amide bonds. The van der Waals surface area contributed by atoms with Gasteiger partial charge in [0.15, 0.2) is 17.6 Å². The summed E-state index contributed by atoms with van der Waals surface area (Å²) in [5.41, 5.74) is 0.908. The highest BCUT2D eigenvalue weighted by Crippen LogP contribution is 2.32. The van der Waals surface area contributed by atoms with Crippen molar-refractivity contribution in [1.82, 2.24) is 5.32 Å². The molecule has 1 aromatic carbocycles. The Morgan fingerprint density at radius 2 is 2.10 bits per heavy atom. The van der Waals surface area contributed by atoms with Crippen molar-refractivity contribution >= 4 is 5.97 Å². The van der Waals surface area contributed by atoms with E-state index in [2.05, 4.69) is 12.2 Å². The summed E-state index contributed by atoms with van der Waals surface area (Å²) in [6.45, 7) is 5.55. The van der Waals surface area contributed by atoms with Crippen molar-refractivity contribution in [2.75, 3.05) is 13.7 Å². The van der Waals surface area contributed by atoms with Crippen LogP contribution in [-0.4, -0.2) is 30.8 Å². The number of nitrogens with one attached hydrogen (secondary N) is 1. The lowest BCUT2D eigenvalue weighted by molar-refractivity contribution is -0.145. The summed E-state index contributed by atoms with van der Waals surface area (Å²) in [5.74, 6) is 0.132. The molecule has 5 heteroatoms. The number of aliphatic carboxylic acids is 1. The van der Waals surface area contributed by atoms with Gasteiger partial charge in [0, 0.05) is 12.1 Å². The second-order valence-corrected chi connectivity index (χ2v) is 4.86. The molecule has 1 atom stereocenters. The Kier molecular flexibility index (Phi) is 7.61. The molecule has 0 saturated carbocycles. The third-order valence-corrected chi connectivity index (χ3v) is 3.11. The first-order chi connectivity index (χ1) is 10.1. The van der Waals surface area contributed by atoms with Gasteiger partial charge in [-0.05, 0) is 25.5 Å². The summed E-state index contributed by atoms with van der Waals surface area (Å²) in [6, 6.07) is 5.58. The molecule has 1 rings (SSSR count). The lowest BCUT2D eigenvalue weighted by Gasteiger charge is -2.19. The van der Waals surface area contributed by atoms with E-state index in [1.165, 1.54) is 0 Å². The highest BCUT2D eigenvalue weighted by molar-refractivity contribution is 5.73. The average Bonchev–Trinajstić information content (AvgIpc) is 2.48. The van der Waals surface area contributed by atoms with E-state index >= 15 is 0 Å². The van der Waals surface area contributed by atoms with Gasteiger partial charge in [-0.25, -0.2) is 4.79 Å². The topological polar surface area (TPSA) is 67.8 Å². The first-order valence-corrected chi connectivity index (χ1v) is 7.40. The van der Waals surface area contributed by atoms with Crippen molar-refractivity contribution in [2.24, 2.45) is 0 Å². The predicted molar refractivity (Wildman–Crippen MR) is 82.0 cm³/mol. The highest BCUT2D eigenvalue weighted by Gasteiger charge is 2.22. The Morgan fingerprint density at radius 1 is 1.33 bits per heavy atom. The number of carboxylic acids is 1. The van der Waals surface area contributed by atoms with E-state index in [9.17, 15) is 9.90 Å². The molecular formula is C16H25NO4. The molecule has 0 aliphatic heterocycles. The van der Waals surface area contributed by atoms with Crippen molar-refractivity contribution in [1.29, 1.82) is 0 Å². The standard InChI is InChI=1S/C16H25NO4/c1-4-7-14(16(18)19)21-15-12(11-17-10-5-2)8-6-9-13(15)20-3/h6,8-9,14,17H,4-5,7,10-11H2,1-3H3,(H,18,19). The predicted octanol–water partition coefficient (Wildman–Crippen LogP) is 2.83. The third-order valence-electron chi connectivity index (χ3n) is 3.11. The number of rotatable bonds is 10. The zero-order chi connectivity index (χ0) is 15.7. The van der Waals surface area contributed by atoms with Gasteiger partial charge in [0.25, 0.3) is 0 Å². The lowest BCUT2D eigenvalue weighted by atomic mass is 10.1. The Bertz CT molecular complexity index is 448. The normalized spacial score (nSPS) is 12.0. The number of ether oxygens (including phenoxy) is 2. The van der Waals surface area contributed by atoms with Crippen molar-refractivity contribution in [3.8, 4) is 11.5 Å². The molecule has 0 aliphatic rings. The maximum absolute atomic E-state index is 11.3. The van der Waals surface area contributed by atoms with Crippen LogP contribution in [0.25, 0.3) is 0 Å². The first kappa shape index (κ1) is 17.3. The summed E-state index contributed by atoms with van der Waals surface area (Å²) >= 11 is 0. The number of para-hydroxylation sites is 1. The van der Waals surface area contributed by atoms with Crippen LogP contribution in [0.1, 0.15) is 38.7 Å². The minimum atomic E-state index is -0.949. The lowest BCUT2D eigenvalue weighted by Crippen LogP contribution is -2.27. The second kappa shape index (κ2) is 9.23. The molecular weight excluding hydrogens is 270 g/mol. The molecule has 0 fully saturated rings. The fourth-order valence-electron chi connectivity index (χ4n) is 2.03. The summed E-state index contributed by atoms with van der Waals surface area (Å²) < 4.78 is 11.0. The molecule has 0 radical (unpaired) electrons. The number of hydrogen-bond donors (Lipinski definition) is 2. The zero-order valence-electron chi connectivity index (χ0n) is 13.0. The van der Waals surface area contributed by atoms with Gasteiger partial charge in [0.05, 0.1) is 7.11 Å². The Hall–Kier alpha value is -1.75. The van der Waals surface area contributed by atoms with Gasteiger partial charge in [-0.1, -0.05) is 32.4 Å². The SMILES string of the molecule is CCCNCc1cccc(OC)c1OC(CCC)C(=O)O. The largest absolute Gasteiger partial charge is 0.493 e. The second-order valence-electron chi connectivity index (χ2n) is 4.86. The molecule has 21 heavy (non-hydrogen) atoms. The van der Waals surface area contributed by atoms with Crippen molar-refractivity contribution in [3.63, 3.8) is 0 Å². The average molecular weight is 295 g/mol. The van der Waals surface area contributed by atoms with E-state index in [4.69, 9.17) is 9.47 Å². The Balaban J connectivity index is 2.97. The van der Waals surface area contributed by atoms with E-state index in [1.54, 1.807) is 13.2 Å². The summed E-state index contributed by atoms with van der Waals surface area (Å²) in [5, 5.41) is 12.5. The molecule has 118 valence electrons. The van der Waals surface area contributed by atoms with Crippen LogP contribution >= 0.6 is 0 Å².